The SMILES string of the molecule is CC[Si](CC)(CC)c1scc2c1OCCO2.c1scc2c1OCCO2. The van der Waals surface area contributed by atoms with Crippen molar-refractivity contribution in [2.75, 3.05) is 26.4 Å². The third kappa shape index (κ3) is 3.83. The van der Waals surface area contributed by atoms with Crippen LogP contribution in [0.1, 0.15) is 20.8 Å². The lowest BCUT2D eigenvalue weighted by Gasteiger charge is -2.28. The smallest absolute Gasteiger partial charge is 0.172 e. The molecule has 0 aliphatic carbocycles. The van der Waals surface area contributed by atoms with E-state index in [1.165, 1.54) is 22.6 Å². The highest BCUT2D eigenvalue weighted by Crippen LogP contribution is 2.37. The van der Waals surface area contributed by atoms with Crippen LogP contribution in [0, 0.1) is 0 Å². The molecule has 7 heteroatoms. The van der Waals surface area contributed by atoms with E-state index in [4.69, 9.17) is 18.9 Å². The second-order valence-corrected chi connectivity index (χ2v) is 13.3. The first-order valence-corrected chi connectivity index (χ1v) is 13.4. The third-order valence-electron chi connectivity index (χ3n) is 5.00. The van der Waals surface area contributed by atoms with E-state index in [9.17, 15) is 0 Å². The lowest BCUT2D eigenvalue weighted by Crippen LogP contribution is -2.45. The van der Waals surface area contributed by atoms with E-state index in [1.807, 2.05) is 22.1 Å². The van der Waals surface area contributed by atoms with Crippen molar-refractivity contribution >= 4 is 35.2 Å². The molecule has 0 fully saturated rings. The predicted molar refractivity (Wildman–Crippen MR) is 107 cm³/mol. The van der Waals surface area contributed by atoms with Gasteiger partial charge in [0.05, 0.1) is 0 Å². The Hall–Kier alpha value is -1.18. The van der Waals surface area contributed by atoms with Crippen molar-refractivity contribution < 1.29 is 18.9 Å². The second-order valence-electron chi connectivity index (χ2n) is 6.09. The molecular weight excluding hydrogens is 372 g/mol. The van der Waals surface area contributed by atoms with Crippen LogP contribution >= 0.6 is 22.7 Å². The van der Waals surface area contributed by atoms with Gasteiger partial charge in [0.25, 0.3) is 0 Å². The van der Waals surface area contributed by atoms with Crippen molar-refractivity contribution in [2.24, 2.45) is 0 Å². The van der Waals surface area contributed by atoms with E-state index in [-0.39, 0.29) is 0 Å². The highest BCUT2D eigenvalue weighted by Gasteiger charge is 2.36. The van der Waals surface area contributed by atoms with Gasteiger partial charge in [-0.1, -0.05) is 38.9 Å². The molecule has 4 nitrogen and oxygen atoms in total. The standard InChI is InChI=1S/C12H20O2SSi.C6H6O2S/c1-4-16(5-2,6-3)12-11-10(9-15-12)13-7-8-14-11;1-2-8-6-4-9-3-5(6)7-1/h9H,4-8H2,1-3H3;3-4H,1-2H2. The lowest BCUT2D eigenvalue weighted by atomic mass is 10.5. The Balaban J connectivity index is 0.000000170. The number of fused-ring (bicyclic) bond motifs is 2. The van der Waals surface area contributed by atoms with Crippen molar-refractivity contribution in [2.45, 2.75) is 38.9 Å². The highest BCUT2D eigenvalue weighted by atomic mass is 32.1. The Labute approximate surface area is 158 Å². The Morgan fingerprint density at radius 2 is 1.28 bits per heavy atom. The highest BCUT2D eigenvalue weighted by molar-refractivity contribution is 7.26. The van der Waals surface area contributed by atoms with Gasteiger partial charge < -0.3 is 18.9 Å². The molecule has 2 aliphatic rings. The number of ether oxygens (including phenoxy) is 4. The molecule has 138 valence electrons. The van der Waals surface area contributed by atoms with Crippen molar-refractivity contribution in [3.8, 4) is 23.0 Å². The maximum atomic E-state index is 5.83. The summed E-state index contributed by atoms with van der Waals surface area (Å²) in [6, 6.07) is 3.91. The van der Waals surface area contributed by atoms with Gasteiger partial charge in [0.1, 0.15) is 34.5 Å². The Morgan fingerprint density at radius 1 is 0.760 bits per heavy atom. The first kappa shape index (κ1) is 18.6. The summed E-state index contributed by atoms with van der Waals surface area (Å²) in [6.45, 7) is 9.76. The molecule has 4 heterocycles. The van der Waals surface area contributed by atoms with Crippen LogP contribution in [-0.2, 0) is 0 Å². The molecule has 25 heavy (non-hydrogen) atoms. The van der Waals surface area contributed by atoms with Gasteiger partial charge in [0, 0.05) is 20.6 Å². The summed E-state index contributed by atoms with van der Waals surface area (Å²) < 4.78 is 23.5. The molecule has 0 saturated carbocycles. The molecule has 2 aromatic heterocycles. The molecule has 0 unspecified atom stereocenters. The third-order valence-corrected chi connectivity index (χ3v) is 13.4. The molecule has 0 spiro atoms. The van der Waals surface area contributed by atoms with Crippen LogP contribution in [0.4, 0.5) is 0 Å². The predicted octanol–water partition coefficient (Wildman–Crippen LogP) is 4.75. The van der Waals surface area contributed by atoms with Crippen molar-refractivity contribution in [3.05, 3.63) is 16.1 Å². The van der Waals surface area contributed by atoms with Crippen molar-refractivity contribution in [1.82, 2.24) is 0 Å². The van der Waals surface area contributed by atoms with E-state index in [1.54, 1.807) is 11.3 Å². The number of hydrogen-bond acceptors (Lipinski definition) is 6. The van der Waals surface area contributed by atoms with Gasteiger partial charge in [-0.2, -0.15) is 0 Å². The van der Waals surface area contributed by atoms with E-state index in [2.05, 4.69) is 26.2 Å². The van der Waals surface area contributed by atoms with Gasteiger partial charge in [-0.15, -0.1) is 22.7 Å². The van der Waals surface area contributed by atoms with Gasteiger partial charge in [0.15, 0.2) is 23.0 Å². The van der Waals surface area contributed by atoms with E-state index in [0.717, 1.165) is 23.0 Å². The largest absolute Gasteiger partial charge is 0.485 e. The summed E-state index contributed by atoms with van der Waals surface area (Å²) in [7, 11) is -1.31. The normalized spacial score (nSPS) is 15.3. The Kier molecular flexibility index (Phi) is 6.30. The topological polar surface area (TPSA) is 36.9 Å². The summed E-state index contributed by atoms with van der Waals surface area (Å²) >= 11 is 3.46. The van der Waals surface area contributed by atoms with Crippen LogP contribution in [0.5, 0.6) is 23.0 Å². The molecule has 4 rings (SSSR count). The molecule has 2 aliphatic heterocycles. The molecule has 0 aromatic carbocycles. The summed E-state index contributed by atoms with van der Waals surface area (Å²) in [5.74, 6) is 3.85. The van der Waals surface area contributed by atoms with Crippen molar-refractivity contribution in [1.29, 1.82) is 0 Å². The fourth-order valence-corrected chi connectivity index (χ4v) is 10.2. The molecule has 0 atom stereocenters. The van der Waals surface area contributed by atoms with Crippen LogP contribution in [0.3, 0.4) is 0 Å². The van der Waals surface area contributed by atoms with Crippen LogP contribution in [0.2, 0.25) is 18.1 Å². The summed E-state index contributed by atoms with van der Waals surface area (Å²) in [4.78, 5) is 0. The number of hydrogen-bond donors (Lipinski definition) is 0. The first-order valence-electron chi connectivity index (χ1n) is 8.93. The Bertz CT molecular complexity index is 650. The zero-order valence-corrected chi connectivity index (χ0v) is 17.8. The number of rotatable bonds is 4. The van der Waals surface area contributed by atoms with E-state index in [0.29, 0.717) is 26.4 Å². The van der Waals surface area contributed by atoms with Gasteiger partial charge in [-0.3, -0.25) is 0 Å². The summed E-state index contributed by atoms with van der Waals surface area (Å²) in [5, 5.41) is 6.04. The van der Waals surface area contributed by atoms with E-state index >= 15 is 0 Å². The van der Waals surface area contributed by atoms with Crippen LogP contribution in [0.25, 0.3) is 0 Å². The van der Waals surface area contributed by atoms with Gasteiger partial charge in [0.2, 0.25) is 0 Å². The quantitative estimate of drug-likeness (QED) is 0.696. The minimum absolute atomic E-state index is 0.684. The minimum Gasteiger partial charge on any atom is -0.485 e. The van der Waals surface area contributed by atoms with Crippen molar-refractivity contribution in [3.63, 3.8) is 0 Å². The maximum absolute atomic E-state index is 5.83. The molecule has 0 bridgehead atoms. The lowest BCUT2D eigenvalue weighted by molar-refractivity contribution is 0.173. The fourth-order valence-electron chi connectivity index (χ4n) is 3.25. The van der Waals surface area contributed by atoms with E-state index < -0.39 is 8.07 Å². The molecular formula is C18H26O4S2Si. The average Bonchev–Trinajstić information content (AvgIpc) is 3.32. The first-order chi connectivity index (χ1) is 12.2. The van der Waals surface area contributed by atoms with Gasteiger partial charge in [-0.05, 0) is 0 Å². The average molecular weight is 399 g/mol. The zero-order chi connectivity index (χ0) is 17.7. The van der Waals surface area contributed by atoms with Crippen LogP contribution in [-0.4, -0.2) is 34.5 Å². The zero-order valence-electron chi connectivity index (χ0n) is 15.1. The minimum atomic E-state index is -1.31. The molecule has 2 aromatic rings. The van der Waals surface area contributed by atoms with Gasteiger partial charge >= 0.3 is 0 Å². The maximum Gasteiger partial charge on any atom is 0.172 e. The Morgan fingerprint density at radius 3 is 1.84 bits per heavy atom. The monoisotopic (exact) mass is 398 g/mol. The fraction of sp³-hybridized carbons (Fsp3) is 0.556. The summed E-state index contributed by atoms with van der Waals surface area (Å²) in [6.07, 6.45) is 0. The van der Waals surface area contributed by atoms with Gasteiger partial charge in [-0.25, -0.2) is 0 Å². The molecule has 0 amide bonds. The molecule has 0 saturated heterocycles. The number of thiophene rings is 2. The molecule has 0 radical (unpaired) electrons. The molecule has 0 N–H and O–H groups in total. The second kappa shape index (κ2) is 8.47. The summed E-state index contributed by atoms with van der Waals surface area (Å²) in [5.41, 5.74) is 0. The van der Waals surface area contributed by atoms with Crippen LogP contribution < -0.4 is 23.4 Å². The van der Waals surface area contributed by atoms with Crippen LogP contribution in [0.15, 0.2) is 16.1 Å².